The van der Waals surface area contributed by atoms with Crippen LogP contribution < -0.4 is 0 Å². The van der Waals surface area contributed by atoms with Crippen molar-refractivity contribution < 1.29 is 13.3 Å². The van der Waals surface area contributed by atoms with Crippen LogP contribution in [-0.4, -0.2) is 27.5 Å². The molecule has 18 heavy (non-hydrogen) atoms. The molecule has 94 valence electrons. The van der Waals surface area contributed by atoms with Crippen LogP contribution in [0.15, 0.2) is 36.7 Å². The van der Waals surface area contributed by atoms with Crippen LogP contribution in [0.4, 0.5) is 5.95 Å². The van der Waals surface area contributed by atoms with Gasteiger partial charge in [0.2, 0.25) is 6.33 Å². The van der Waals surface area contributed by atoms with Crippen LogP contribution in [0.2, 0.25) is 0 Å². The minimum Gasteiger partial charge on any atom is -0.390 e. The van der Waals surface area contributed by atoms with Gasteiger partial charge in [-0.1, -0.05) is 34.4 Å². The van der Waals surface area contributed by atoms with Crippen molar-refractivity contribution in [2.24, 2.45) is 0 Å². The third-order valence-corrected chi connectivity index (χ3v) is 3.54. The maximum Gasteiger partial charge on any atom is 0.491 e. The molecule has 1 heterocycles. The predicted octanol–water partition coefficient (Wildman–Crippen LogP) is 0.564. The first-order valence-corrected chi connectivity index (χ1v) is 6.43. The van der Waals surface area contributed by atoms with Crippen LogP contribution >= 0.6 is 0 Å². The molecule has 0 N–H and O–H groups in total. The highest BCUT2D eigenvalue weighted by molar-refractivity contribution is 7.89. The van der Waals surface area contributed by atoms with E-state index in [9.17, 15) is 18.5 Å². The third kappa shape index (κ3) is 2.51. The third-order valence-electron chi connectivity index (χ3n) is 2.10. The van der Waals surface area contributed by atoms with E-state index in [0.717, 1.165) is 6.33 Å². The molecule has 0 unspecified atom stereocenters. The molecule has 0 amide bonds. The van der Waals surface area contributed by atoms with Crippen LogP contribution in [-0.2, 0) is 15.8 Å². The van der Waals surface area contributed by atoms with E-state index in [1.54, 1.807) is 30.3 Å². The average Bonchev–Trinajstić information content (AvgIpc) is 2.79. The van der Waals surface area contributed by atoms with Crippen LogP contribution in [0.5, 0.6) is 0 Å². The zero-order valence-electron chi connectivity index (χ0n) is 9.00. The van der Waals surface area contributed by atoms with Gasteiger partial charge < -0.3 is 10.1 Å². The van der Waals surface area contributed by atoms with Gasteiger partial charge in [0, 0.05) is 5.10 Å². The van der Waals surface area contributed by atoms with Gasteiger partial charge in [-0.2, -0.15) is 0 Å². The normalized spacial score (nSPS) is 11.3. The minimum atomic E-state index is -3.79. The Bertz CT molecular complexity index is 665. The quantitative estimate of drug-likeness (QED) is 0.592. The van der Waals surface area contributed by atoms with Crippen LogP contribution in [0.3, 0.4) is 0 Å². The van der Waals surface area contributed by atoms with E-state index >= 15 is 0 Å². The standard InChI is InChI=1S/C9H8N4O4S/c14-13(15)9-10-7-12(11-9)18(16,17)6-8-4-2-1-3-5-8/h1-5,7H,6H2. The summed E-state index contributed by atoms with van der Waals surface area (Å²) in [7, 11) is -3.79. The molecule has 0 spiro atoms. The Morgan fingerprint density at radius 1 is 1.28 bits per heavy atom. The topological polar surface area (TPSA) is 108 Å². The fraction of sp³-hybridized carbons (Fsp3) is 0.111. The van der Waals surface area contributed by atoms with Gasteiger partial charge >= 0.3 is 5.95 Å². The lowest BCUT2D eigenvalue weighted by Crippen LogP contribution is -2.15. The fourth-order valence-corrected chi connectivity index (χ4v) is 2.44. The first kappa shape index (κ1) is 12.2. The fourth-order valence-electron chi connectivity index (χ4n) is 1.31. The molecule has 1 aromatic carbocycles. The van der Waals surface area contributed by atoms with Crippen molar-refractivity contribution in [2.45, 2.75) is 5.75 Å². The van der Waals surface area contributed by atoms with Crippen molar-refractivity contribution in [3.63, 3.8) is 0 Å². The van der Waals surface area contributed by atoms with Gasteiger partial charge in [0.1, 0.15) is 0 Å². The van der Waals surface area contributed by atoms with E-state index in [0.29, 0.717) is 9.65 Å². The first-order chi connectivity index (χ1) is 8.49. The van der Waals surface area contributed by atoms with E-state index in [4.69, 9.17) is 0 Å². The largest absolute Gasteiger partial charge is 0.491 e. The summed E-state index contributed by atoms with van der Waals surface area (Å²) in [6, 6.07) is 8.45. The number of hydrogen-bond donors (Lipinski definition) is 0. The summed E-state index contributed by atoms with van der Waals surface area (Å²) in [4.78, 5) is 12.8. The van der Waals surface area contributed by atoms with Gasteiger partial charge in [-0.15, -0.1) is 0 Å². The highest BCUT2D eigenvalue weighted by Crippen LogP contribution is 2.09. The molecule has 0 fully saturated rings. The molecule has 2 aromatic rings. The number of benzene rings is 1. The van der Waals surface area contributed by atoms with Crippen LogP contribution in [0.1, 0.15) is 5.56 Å². The van der Waals surface area contributed by atoms with E-state index in [-0.39, 0.29) is 5.75 Å². The van der Waals surface area contributed by atoms with E-state index in [2.05, 4.69) is 10.1 Å². The van der Waals surface area contributed by atoms with Crippen LogP contribution in [0, 0.1) is 10.1 Å². The Morgan fingerprint density at radius 2 is 1.94 bits per heavy atom. The molecule has 0 atom stereocenters. The van der Waals surface area contributed by atoms with Gasteiger partial charge in [0.05, 0.1) is 5.75 Å². The summed E-state index contributed by atoms with van der Waals surface area (Å²) in [5.41, 5.74) is 0.565. The molecule has 0 aliphatic carbocycles. The molecule has 2 rings (SSSR count). The lowest BCUT2D eigenvalue weighted by Gasteiger charge is -2.00. The molecule has 0 bridgehead atoms. The predicted molar refractivity (Wildman–Crippen MR) is 61.1 cm³/mol. The van der Waals surface area contributed by atoms with Crippen molar-refractivity contribution in [1.29, 1.82) is 0 Å². The second kappa shape index (κ2) is 4.53. The second-order valence-electron chi connectivity index (χ2n) is 3.42. The molecule has 0 saturated carbocycles. The Morgan fingerprint density at radius 3 is 2.50 bits per heavy atom. The highest BCUT2D eigenvalue weighted by Gasteiger charge is 2.23. The molecule has 9 heteroatoms. The van der Waals surface area contributed by atoms with Crippen molar-refractivity contribution in [3.8, 4) is 0 Å². The van der Waals surface area contributed by atoms with Gasteiger partial charge in [-0.3, -0.25) is 0 Å². The number of nitro groups is 1. The van der Waals surface area contributed by atoms with E-state index in [1.165, 1.54) is 0 Å². The maximum atomic E-state index is 11.9. The molecule has 0 aliphatic heterocycles. The van der Waals surface area contributed by atoms with Gasteiger partial charge in [0.25, 0.3) is 10.0 Å². The molecular formula is C9H8N4O4S. The zero-order valence-corrected chi connectivity index (χ0v) is 9.82. The average molecular weight is 268 g/mol. The molecule has 1 aromatic heterocycles. The molecule has 8 nitrogen and oxygen atoms in total. The van der Waals surface area contributed by atoms with E-state index < -0.39 is 20.9 Å². The monoisotopic (exact) mass is 268 g/mol. The molecule has 0 aliphatic rings. The summed E-state index contributed by atoms with van der Waals surface area (Å²) in [6.45, 7) is 0. The SMILES string of the molecule is O=[N+]([O-])c1ncn(S(=O)(=O)Cc2ccccc2)n1. The molecule has 0 radical (unpaired) electrons. The van der Waals surface area contributed by atoms with Gasteiger partial charge in [-0.05, 0) is 15.5 Å². The first-order valence-electron chi connectivity index (χ1n) is 4.82. The molecular weight excluding hydrogens is 260 g/mol. The van der Waals surface area contributed by atoms with Crippen molar-refractivity contribution in [3.05, 3.63) is 52.3 Å². The smallest absolute Gasteiger partial charge is 0.390 e. The summed E-state index contributed by atoms with van der Waals surface area (Å²) >= 11 is 0. The Balaban J connectivity index is 2.28. The summed E-state index contributed by atoms with van der Waals surface area (Å²) in [5.74, 6) is -1.04. The van der Waals surface area contributed by atoms with Crippen LogP contribution in [0.25, 0.3) is 0 Å². The van der Waals surface area contributed by atoms with Crippen molar-refractivity contribution >= 4 is 16.0 Å². The zero-order chi connectivity index (χ0) is 13.2. The minimum absolute atomic E-state index is 0.297. The number of aromatic nitrogens is 3. The van der Waals surface area contributed by atoms with E-state index in [1.807, 2.05) is 0 Å². The lowest BCUT2D eigenvalue weighted by molar-refractivity contribution is -0.394. The number of hydrogen-bond acceptors (Lipinski definition) is 6. The highest BCUT2D eigenvalue weighted by atomic mass is 32.2. The molecule has 0 saturated heterocycles. The number of nitrogens with zero attached hydrogens (tertiary/aromatic N) is 4. The van der Waals surface area contributed by atoms with Gasteiger partial charge in [0.15, 0.2) is 0 Å². The summed E-state index contributed by atoms with van der Waals surface area (Å²) in [5, 5.41) is 13.7. The number of rotatable bonds is 4. The maximum absolute atomic E-state index is 11.9. The van der Waals surface area contributed by atoms with Gasteiger partial charge in [-0.25, -0.2) is 8.42 Å². The Labute approximate surface area is 102 Å². The Hall–Kier alpha value is -2.29. The lowest BCUT2D eigenvalue weighted by atomic mass is 10.2. The Kier molecular flexibility index (Phi) is 3.06. The van der Waals surface area contributed by atoms with Crippen molar-refractivity contribution in [1.82, 2.24) is 14.2 Å². The second-order valence-corrected chi connectivity index (χ2v) is 5.24. The summed E-state index contributed by atoms with van der Waals surface area (Å²) < 4.78 is 24.3. The summed E-state index contributed by atoms with van der Waals surface area (Å²) in [6.07, 6.45) is 0.816. The van der Waals surface area contributed by atoms with Crippen molar-refractivity contribution in [2.75, 3.05) is 0 Å².